The Morgan fingerprint density at radius 1 is 1.09 bits per heavy atom. The van der Waals surface area contributed by atoms with E-state index in [2.05, 4.69) is 29.2 Å². The van der Waals surface area contributed by atoms with Gasteiger partial charge in [-0.1, -0.05) is 30.3 Å². The zero-order chi connectivity index (χ0) is 16.2. The minimum absolute atomic E-state index is 0.0208. The standard InChI is InChI=1S/C19H22N2O2/c1-14-17(9-10-18(22)20-14)19(23)21-12-5-8-16(11-13-21)15-6-3-2-4-7-15/h2-4,6-7,9-10,16H,5,8,11-13H2,1H3,(H,20,22). The van der Waals surface area contributed by atoms with Crippen LogP contribution in [0.25, 0.3) is 0 Å². The van der Waals surface area contributed by atoms with E-state index in [0.717, 1.165) is 32.4 Å². The molecule has 0 radical (unpaired) electrons. The number of nitrogens with zero attached hydrogens (tertiary/aromatic N) is 1. The molecule has 3 rings (SSSR count). The highest BCUT2D eigenvalue weighted by Gasteiger charge is 2.23. The van der Waals surface area contributed by atoms with Crippen molar-refractivity contribution < 1.29 is 4.79 Å². The van der Waals surface area contributed by atoms with Crippen LogP contribution in [0.2, 0.25) is 0 Å². The first-order valence-corrected chi connectivity index (χ1v) is 8.19. The Hall–Kier alpha value is -2.36. The van der Waals surface area contributed by atoms with Gasteiger partial charge in [0.15, 0.2) is 0 Å². The predicted octanol–water partition coefficient (Wildman–Crippen LogP) is 3.09. The van der Waals surface area contributed by atoms with Crippen LogP contribution in [0, 0.1) is 6.92 Å². The molecule has 1 N–H and O–H groups in total. The molecule has 4 nitrogen and oxygen atoms in total. The Bertz CT molecular complexity index is 737. The second kappa shape index (κ2) is 6.82. The topological polar surface area (TPSA) is 53.2 Å². The van der Waals surface area contributed by atoms with E-state index >= 15 is 0 Å². The van der Waals surface area contributed by atoms with Gasteiger partial charge in [0.1, 0.15) is 0 Å². The Kier molecular flexibility index (Phi) is 4.60. The lowest BCUT2D eigenvalue weighted by atomic mass is 9.92. The van der Waals surface area contributed by atoms with Crippen LogP contribution in [0.5, 0.6) is 0 Å². The molecule has 0 bridgehead atoms. The van der Waals surface area contributed by atoms with Crippen LogP contribution in [-0.2, 0) is 0 Å². The Morgan fingerprint density at radius 2 is 1.87 bits per heavy atom. The van der Waals surface area contributed by atoms with Crippen molar-refractivity contribution in [1.82, 2.24) is 9.88 Å². The van der Waals surface area contributed by atoms with Crippen LogP contribution in [-0.4, -0.2) is 28.9 Å². The third kappa shape index (κ3) is 3.52. The van der Waals surface area contributed by atoms with Gasteiger partial charge in [0.2, 0.25) is 5.56 Å². The molecule has 4 heteroatoms. The maximum atomic E-state index is 12.7. The fourth-order valence-corrected chi connectivity index (χ4v) is 3.34. The van der Waals surface area contributed by atoms with Gasteiger partial charge >= 0.3 is 0 Å². The quantitative estimate of drug-likeness (QED) is 0.926. The second-order valence-electron chi connectivity index (χ2n) is 6.19. The van der Waals surface area contributed by atoms with Gasteiger partial charge < -0.3 is 9.88 Å². The fourth-order valence-electron chi connectivity index (χ4n) is 3.34. The Labute approximate surface area is 136 Å². The molecular weight excluding hydrogens is 288 g/mol. The van der Waals surface area contributed by atoms with Gasteiger partial charge in [0, 0.05) is 24.8 Å². The average molecular weight is 310 g/mol. The predicted molar refractivity (Wildman–Crippen MR) is 90.7 cm³/mol. The third-order valence-corrected chi connectivity index (χ3v) is 4.63. The number of aryl methyl sites for hydroxylation is 1. The molecule has 1 unspecified atom stereocenters. The zero-order valence-electron chi connectivity index (χ0n) is 13.4. The van der Waals surface area contributed by atoms with E-state index < -0.39 is 0 Å². The van der Waals surface area contributed by atoms with Crippen LogP contribution in [0.4, 0.5) is 0 Å². The molecule has 1 aliphatic heterocycles. The molecule has 1 aromatic carbocycles. The summed E-state index contributed by atoms with van der Waals surface area (Å²) in [6.45, 7) is 3.32. The summed E-state index contributed by atoms with van der Waals surface area (Å²) in [5.41, 5.74) is 2.44. The molecular formula is C19H22N2O2. The van der Waals surface area contributed by atoms with E-state index in [1.807, 2.05) is 11.0 Å². The minimum atomic E-state index is -0.168. The highest BCUT2D eigenvalue weighted by Crippen LogP contribution is 2.28. The fraction of sp³-hybridized carbons (Fsp3) is 0.368. The van der Waals surface area contributed by atoms with Gasteiger partial charge in [-0.05, 0) is 43.7 Å². The number of amides is 1. The molecule has 1 amide bonds. The number of pyridine rings is 1. The largest absolute Gasteiger partial charge is 0.339 e. The number of benzene rings is 1. The van der Waals surface area contributed by atoms with Gasteiger partial charge in [0.25, 0.3) is 5.91 Å². The lowest BCUT2D eigenvalue weighted by Crippen LogP contribution is -2.33. The molecule has 0 spiro atoms. The van der Waals surface area contributed by atoms with Gasteiger partial charge in [-0.3, -0.25) is 9.59 Å². The number of H-pyrrole nitrogens is 1. The maximum absolute atomic E-state index is 12.7. The first-order valence-electron chi connectivity index (χ1n) is 8.19. The lowest BCUT2D eigenvalue weighted by Gasteiger charge is -2.21. The highest BCUT2D eigenvalue weighted by atomic mass is 16.2. The van der Waals surface area contributed by atoms with E-state index in [4.69, 9.17) is 0 Å². The summed E-state index contributed by atoms with van der Waals surface area (Å²) in [4.78, 5) is 28.7. The van der Waals surface area contributed by atoms with Crippen molar-refractivity contribution in [3.8, 4) is 0 Å². The summed E-state index contributed by atoms with van der Waals surface area (Å²) in [6.07, 6.45) is 3.10. The number of hydrogen-bond acceptors (Lipinski definition) is 2. The van der Waals surface area contributed by atoms with Gasteiger partial charge in [-0.15, -0.1) is 0 Å². The molecule has 2 aromatic rings. The smallest absolute Gasteiger partial charge is 0.255 e. The third-order valence-electron chi connectivity index (χ3n) is 4.63. The van der Waals surface area contributed by atoms with Crippen molar-refractivity contribution in [2.75, 3.05) is 13.1 Å². The second-order valence-corrected chi connectivity index (χ2v) is 6.19. The molecule has 1 fully saturated rings. The Balaban J connectivity index is 1.72. The monoisotopic (exact) mass is 310 g/mol. The molecule has 1 aliphatic rings. The van der Waals surface area contributed by atoms with Gasteiger partial charge in [-0.25, -0.2) is 0 Å². The van der Waals surface area contributed by atoms with Crippen molar-refractivity contribution in [1.29, 1.82) is 0 Å². The van der Waals surface area contributed by atoms with Crippen molar-refractivity contribution in [2.24, 2.45) is 0 Å². The van der Waals surface area contributed by atoms with E-state index in [1.54, 1.807) is 13.0 Å². The summed E-state index contributed by atoms with van der Waals surface area (Å²) >= 11 is 0. The van der Waals surface area contributed by atoms with E-state index in [9.17, 15) is 9.59 Å². The number of aromatic nitrogens is 1. The first kappa shape index (κ1) is 15.5. The van der Waals surface area contributed by atoms with Gasteiger partial charge in [-0.2, -0.15) is 0 Å². The summed E-state index contributed by atoms with van der Waals surface area (Å²) in [6, 6.07) is 13.6. The number of rotatable bonds is 2. The van der Waals surface area contributed by atoms with E-state index in [0.29, 0.717) is 17.2 Å². The van der Waals surface area contributed by atoms with Crippen LogP contribution in [0.15, 0.2) is 47.3 Å². The zero-order valence-corrected chi connectivity index (χ0v) is 13.4. The Morgan fingerprint density at radius 3 is 2.61 bits per heavy atom. The minimum Gasteiger partial charge on any atom is -0.339 e. The van der Waals surface area contributed by atoms with Gasteiger partial charge in [0.05, 0.1) is 5.56 Å². The van der Waals surface area contributed by atoms with Crippen molar-refractivity contribution in [2.45, 2.75) is 32.1 Å². The maximum Gasteiger partial charge on any atom is 0.255 e. The van der Waals surface area contributed by atoms with Crippen molar-refractivity contribution in [3.63, 3.8) is 0 Å². The van der Waals surface area contributed by atoms with Crippen molar-refractivity contribution >= 4 is 5.91 Å². The molecule has 0 aliphatic carbocycles. The SMILES string of the molecule is Cc1[nH]c(=O)ccc1C(=O)N1CCCC(c2ccccc2)CC1. The van der Waals surface area contributed by atoms with E-state index in [-0.39, 0.29) is 11.5 Å². The number of likely N-dealkylation sites (tertiary alicyclic amines) is 1. The molecule has 23 heavy (non-hydrogen) atoms. The summed E-state index contributed by atoms with van der Waals surface area (Å²) in [5.74, 6) is 0.540. The molecule has 0 saturated carbocycles. The molecule has 2 heterocycles. The molecule has 1 saturated heterocycles. The van der Waals surface area contributed by atoms with E-state index in [1.165, 1.54) is 11.6 Å². The highest BCUT2D eigenvalue weighted by molar-refractivity contribution is 5.95. The van der Waals surface area contributed by atoms with Crippen LogP contribution in [0.1, 0.15) is 46.8 Å². The number of nitrogens with one attached hydrogen (secondary N) is 1. The van der Waals surface area contributed by atoms with Crippen LogP contribution >= 0.6 is 0 Å². The van der Waals surface area contributed by atoms with Crippen LogP contribution in [0.3, 0.4) is 0 Å². The lowest BCUT2D eigenvalue weighted by molar-refractivity contribution is 0.0760. The van der Waals surface area contributed by atoms with Crippen LogP contribution < -0.4 is 5.56 Å². The number of aromatic amines is 1. The number of carbonyl (C=O) groups is 1. The number of hydrogen-bond donors (Lipinski definition) is 1. The molecule has 120 valence electrons. The summed E-state index contributed by atoms with van der Waals surface area (Å²) in [5, 5.41) is 0. The number of carbonyl (C=O) groups excluding carboxylic acids is 1. The average Bonchev–Trinajstić information content (AvgIpc) is 2.81. The summed E-state index contributed by atoms with van der Waals surface area (Å²) < 4.78 is 0. The first-order chi connectivity index (χ1) is 11.1. The molecule has 1 atom stereocenters. The normalized spacial score (nSPS) is 18.5. The summed E-state index contributed by atoms with van der Waals surface area (Å²) in [7, 11) is 0. The molecule has 1 aromatic heterocycles. The van der Waals surface area contributed by atoms with Crippen molar-refractivity contribution in [3.05, 3.63) is 69.6 Å².